The van der Waals surface area contributed by atoms with Crippen LogP contribution in [0.2, 0.25) is 5.02 Å². The lowest BCUT2D eigenvalue weighted by Crippen LogP contribution is -2.13. The van der Waals surface area contributed by atoms with E-state index in [4.69, 9.17) is 17.3 Å². The molecule has 10 heteroatoms. The van der Waals surface area contributed by atoms with E-state index in [1.807, 2.05) is 0 Å². The maximum Gasteiger partial charge on any atom is 0.306 e. The van der Waals surface area contributed by atoms with Crippen LogP contribution in [0, 0.1) is 11.8 Å². The van der Waals surface area contributed by atoms with Gasteiger partial charge in [0.1, 0.15) is 0 Å². The Balaban J connectivity index is 1.87. The van der Waals surface area contributed by atoms with E-state index in [-0.39, 0.29) is 29.4 Å². The van der Waals surface area contributed by atoms with E-state index in [0.717, 1.165) is 0 Å². The first-order valence-electron chi connectivity index (χ1n) is 8.32. The van der Waals surface area contributed by atoms with Crippen molar-refractivity contribution in [3.8, 4) is 11.8 Å². The number of rotatable bonds is 5. The van der Waals surface area contributed by atoms with E-state index in [9.17, 15) is 13.2 Å². The van der Waals surface area contributed by atoms with Crippen LogP contribution in [0.1, 0.15) is 18.4 Å². The zero-order chi connectivity index (χ0) is 21.0. The molecular formula is C19H16ClN3O4S2. The standard InChI is InChI=1S/C19H16ClN3O4S2/c1-27-18(24)5-3-2-4-12-10-13(20)6-8-15(12)23-29(25,26)14-7-9-16-17(11-14)28-19(21)22-16/h6-11,23H,3,5H2,1H3,(H2,21,22). The monoisotopic (exact) mass is 449 g/mol. The van der Waals surface area contributed by atoms with Gasteiger partial charge in [0.15, 0.2) is 5.13 Å². The molecule has 7 nitrogen and oxygen atoms in total. The van der Waals surface area contributed by atoms with Crippen LogP contribution in [0.3, 0.4) is 0 Å². The van der Waals surface area contributed by atoms with Crippen LogP contribution in [-0.4, -0.2) is 26.5 Å². The lowest BCUT2D eigenvalue weighted by molar-refractivity contribution is -0.140. The van der Waals surface area contributed by atoms with E-state index in [1.54, 1.807) is 18.2 Å². The Labute approximate surface area is 176 Å². The predicted molar refractivity (Wildman–Crippen MR) is 114 cm³/mol. The molecule has 1 aromatic heterocycles. The lowest BCUT2D eigenvalue weighted by atomic mass is 10.2. The number of anilines is 2. The summed E-state index contributed by atoms with van der Waals surface area (Å²) in [6.45, 7) is 0. The number of nitrogens with one attached hydrogen (secondary N) is 1. The Morgan fingerprint density at radius 3 is 2.86 bits per heavy atom. The van der Waals surface area contributed by atoms with Gasteiger partial charge in [0.25, 0.3) is 10.0 Å². The number of carbonyl (C=O) groups excluding carboxylic acids is 1. The highest BCUT2D eigenvalue weighted by molar-refractivity contribution is 7.92. The quantitative estimate of drug-likeness (QED) is 0.454. The highest BCUT2D eigenvalue weighted by Gasteiger charge is 2.17. The fraction of sp³-hybridized carbons (Fsp3) is 0.158. The van der Waals surface area contributed by atoms with Gasteiger partial charge >= 0.3 is 5.97 Å². The number of ether oxygens (including phenoxy) is 1. The van der Waals surface area contributed by atoms with Crippen molar-refractivity contribution in [3.05, 3.63) is 47.0 Å². The fourth-order valence-corrected chi connectivity index (χ4v) is 4.55. The molecule has 0 unspecified atom stereocenters. The first-order valence-corrected chi connectivity index (χ1v) is 11.0. The highest BCUT2D eigenvalue weighted by atomic mass is 35.5. The zero-order valence-electron chi connectivity index (χ0n) is 15.2. The number of carbonyl (C=O) groups is 1. The molecule has 0 spiro atoms. The molecule has 0 aliphatic rings. The second-order valence-corrected chi connectivity index (χ2v) is 9.04. The van der Waals surface area contributed by atoms with E-state index >= 15 is 0 Å². The molecule has 3 aromatic rings. The number of methoxy groups -OCH3 is 1. The molecule has 2 aromatic carbocycles. The van der Waals surface area contributed by atoms with Crippen molar-refractivity contribution >= 4 is 60.0 Å². The normalized spacial score (nSPS) is 11.0. The van der Waals surface area contributed by atoms with Gasteiger partial charge in [-0.1, -0.05) is 34.8 Å². The summed E-state index contributed by atoms with van der Waals surface area (Å²) in [6, 6.07) is 9.23. The minimum atomic E-state index is -3.88. The molecule has 3 N–H and O–H groups in total. The molecule has 3 rings (SSSR count). The van der Waals surface area contributed by atoms with E-state index < -0.39 is 10.0 Å². The third-order valence-corrected chi connectivity index (χ3v) is 6.26. The van der Waals surface area contributed by atoms with Gasteiger partial charge in [-0.05, 0) is 36.4 Å². The minimum Gasteiger partial charge on any atom is -0.469 e. The molecule has 0 bridgehead atoms. The van der Waals surface area contributed by atoms with Gasteiger partial charge in [0.05, 0.1) is 39.9 Å². The van der Waals surface area contributed by atoms with Crippen molar-refractivity contribution in [1.82, 2.24) is 4.98 Å². The molecule has 0 saturated heterocycles. The molecule has 0 aliphatic heterocycles. The Bertz CT molecular complexity index is 1240. The molecule has 150 valence electrons. The average Bonchev–Trinajstić information content (AvgIpc) is 3.06. The number of esters is 1. The van der Waals surface area contributed by atoms with Crippen LogP contribution in [0.25, 0.3) is 10.2 Å². The van der Waals surface area contributed by atoms with Gasteiger partial charge in [-0.3, -0.25) is 9.52 Å². The molecule has 0 saturated carbocycles. The molecule has 29 heavy (non-hydrogen) atoms. The SMILES string of the molecule is COC(=O)CCC#Cc1cc(Cl)ccc1NS(=O)(=O)c1ccc2nc(N)sc2c1. The van der Waals surface area contributed by atoms with Crippen LogP contribution in [0.15, 0.2) is 41.3 Å². The fourth-order valence-electron chi connectivity index (χ4n) is 2.43. The summed E-state index contributed by atoms with van der Waals surface area (Å²) in [5.41, 5.74) is 6.99. The topological polar surface area (TPSA) is 111 Å². The second-order valence-electron chi connectivity index (χ2n) is 5.85. The number of thiazole rings is 1. The van der Waals surface area contributed by atoms with Crippen molar-refractivity contribution in [2.75, 3.05) is 17.6 Å². The maximum atomic E-state index is 12.8. The van der Waals surface area contributed by atoms with Crippen LogP contribution >= 0.6 is 22.9 Å². The Hall–Kier alpha value is -2.80. The molecule has 0 fully saturated rings. The lowest BCUT2D eigenvalue weighted by Gasteiger charge is -2.10. The first-order chi connectivity index (χ1) is 13.8. The second kappa shape index (κ2) is 8.69. The summed E-state index contributed by atoms with van der Waals surface area (Å²) in [5.74, 6) is 5.30. The van der Waals surface area contributed by atoms with Gasteiger partial charge in [-0.15, -0.1) is 0 Å². The largest absolute Gasteiger partial charge is 0.469 e. The van der Waals surface area contributed by atoms with E-state index in [0.29, 0.717) is 25.9 Å². The van der Waals surface area contributed by atoms with Crippen molar-refractivity contribution < 1.29 is 17.9 Å². The number of halogens is 1. The number of nitrogens with zero attached hydrogens (tertiary/aromatic N) is 1. The number of hydrogen-bond acceptors (Lipinski definition) is 7. The Morgan fingerprint density at radius 1 is 1.31 bits per heavy atom. The highest BCUT2D eigenvalue weighted by Crippen LogP contribution is 2.28. The summed E-state index contributed by atoms with van der Waals surface area (Å²) in [5, 5.41) is 0.775. The molecule has 0 radical (unpaired) electrons. The van der Waals surface area contributed by atoms with E-state index in [2.05, 4.69) is 26.3 Å². The maximum absolute atomic E-state index is 12.8. The van der Waals surface area contributed by atoms with Crippen LogP contribution in [0.5, 0.6) is 0 Å². The number of aromatic nitrogens is 1. The number of hydrogen-bond donors (Lipinski definition) is 2. The van der Waals surface area contributed by atoms with Gasteiger partial charge in [-0.25, -0.2) is 13.4 Å². The summed E-state index contributed by atoms with van der Waals surface area (Å²) in [7, 11) is -2.57. The van der Waals surface area contributed by atoms with Crippen molar-refractivity contribution in [1.29, 1.82) is 0 Å². The number of benzene rings is 2. The summed E-state index contributed by atoms with van der Waals surface area (Å²) in [4.78, 5) is 15.4. The van der Waals surface area contributed by atoms with Gasteiger partial charge in [0.2, 0.25) is 0 Å². The smallest absolute Gasteiger partial charge is 0.306 e. The third-order valence-electron chi connectivity index (χ3n) is 3.82. The van der Waals surface area contributed by atoms with Gasteiger partial charge < -0.3 is 10.5 Å². The summed E-state index contributed by atoms with van der Waals surface area (Å²) in [6.07, 6.45) is 0.415. The minimum absolute atomic E-state index is 0.0770. The van der Waals surface area contributed by atoms with Crippen LogP contribution in [0.4, 0.5) is 10.8 Å². The van der Waals surface area contributed by atoms with Gasteiger partial charge in [-0.2, -0.15) is 0 Å². The number of sulfonamides is 1. The Kier molecular flexibility index (Phi) is 6.27. The number of nitrogen functional groups attached to an aromatic ring is 1. The van der Waals surface area contributed by atoms with Gasteiger partial charge in [0, 0.05) is 11.4 Å². The summed E-state index contributed by atoms with van der Waals surface area (Å²) < 4.78 is 33.5. The van der Waals surface area contributed by atoms with Crippen LogP contribution in [-0.2, 0) is 19.6 Å². The average molecular weight is 450 g/mol. The molecule has 0 atom stereocenters. The molecule has 0 amide bonds. The zero-order valence-corrected chi connectivity index (χ0v) is 17.6. The van der Waals surface area contributed by atoms with Crippen LogP contribution < -0.4 is 10.5 Å². The third kappa shape index (κ3) is 5.17. The molecule has 1 heterocycles. The first kappa shape index (κ1) is 20.9. The number of fused-ring (bicyclic) bond motifs is 1. The van der Waals surface area contributed by atoms with E-state index in [1.165, 1.54) is 36.6 Å². The molecular weight excluding hydrogens is 434 g/mol. The molecule has 0 aliphatic carbocycles. The Morgan fingerprint density at radius 2 is 2.10 bits per heavy atom. The van der Waals surface area contributed by atoms with Crippen molar-refractivity contribution in [2.45, 2.75) is 17.7 Å². The number of nitrogens with two attached hydrogens (primary N) is 1. The van der Waals surface area contributed by atoms with Crippen molar-refractivity contribution in [3.63, 3.8) is 0 Å². The predicted octanol–water partition coefficient (Wildman–Crippen LogP) is 3.64. The summed E-state index contributed by atoms with van der Waals surface area (Å²) >= 11 is 7.23. The van der Waals surface area contributed by atoms with Crippen molar-refractivity contribution in [2.24, 2.45) is 0 Å².